The number of aromatic amines is 1. The van der Waals surface area contributed by atoms with Crippen LogP contribution < -0.4 is 5.69 Å². The molecule has 0 unspecified atom stereocenters. The largest absolute Gasteiger partial charge is 0.465 e. The number of rotatable bonds is 5. The molecule has 106 valence electrons. The van der Waals surface area contributed by atoms with Crippen molar-refractivity contribution >= 4 is 29.1 Å². The van der Waals surface area contributed by atoms with Crippen LogP contribution in [0, 0.1) is 6.92 Å². The van der Waals surface area contributed by atoms with Crippen LogP contribution in [0.15, 0.2) is 27.3 Å². The second kappa shape index (κ2) is 6.71. The predicted octanol–water partition coefficient (Wildman–Crippen LogP) is 2.26. The summed E-state index contributed by atoms with van der Waals surface area (Å²) in [7, 11) is 1.31. The fourth-order valence-corrected chi connectivity index (χ4v) is 3.59. The molecular weight excluding hydrogens is 296 g/mol. The molecule has 0 saturated heterocycles. The molecule has 0 aliphatic heterocycles. The number of thioether (sulfide) groups is 1. The Hall–Kier alpha value is -1.60. The van der Waals surface area contributed by atoms with E-state index in [1.165, 1.54) is 23.7 Å². The van der Waals surface area contributed by atoms with Crippen molar-refractivity contribution in [3.8, 4) is 0 Å². The summed E-state index contributed by atoms with van der Waals surface area (Å²) >= 11 is 3.08. The Morgan fingerprint density at radius 2 is 2.35 bits per heavy atom. The number of methoxy groups -OCH3 is 1. The van der Waals surface area contributed by atoms with Crippen LogP contribution in [0.2, 0.25) is 0 Å². The summed E-state index contributed by atoms with van der Waals surface area (Å²) in [6, 6.07) is 4.06. The van der Waals surface area contributed by atoms with Crippen molar-refractivity contribution in [1.29, 1.82) is 0 Å². The molecule has 0 amide bonds. The normalized spacial score (nSPS) is 10.5. The molecule has 0 spiro atoms. The number of esters is 1. The minimum Gasteiger partial charge on any atom is -0.465 e. The lowest BCUT2D eigenvalue weighted by Crippen LogP contribution is -2.19. The Labute approximate surface area is 124 Å². The number of hydrogen-bond donors (Lipinski definition) is 1. The van der Waals surface area contributed by atoms with Gasteiger partial charge in [0.25, 0.3) is 0 Å². The molecule has 0 fully saturated rings. The maximum Gasteiger partial charge on any atom is 0.346 e. The maximum absolute atomic E-state index is 11.8. The van der Waals surface area contributed by atoms with E-state index < -0.39 is 11.7 Å². The molecule has 7 heteroatoms. The van der Waals surface area contributed by atoms with Gasteiger partial charge in [0.15, 0.2) is 0 Å². The van der Waals surface area contributed by atoms with Crippen molar-refractivity contribution in [1.82, 2.24) is 9.97 Å². The third-order valence-corrected chi connectivity index (χ3v) is 4.56. The average Bonchev–Trinajstić information content (AvgIpc) is 2.90. The van der Waals surface area contributed by atoms with Crippen molar-refractivity contribution in [2.24, 2.45) is 0 Å². The van der Waals surface area contributed by atoms with Crippen molar-refractivity contribution in [2.75, 3.05) is 12.9 Å². The van der Waals surface area contributed by atoms with Gasteiger partial charge in [-0.2, -0.15) is 4.98 Å². The number of nitrogens with one attached hydrogen (secondary N) is 1. The molecule has 2 heterocycles. The number of carbonyl (C=O) groups is 1. The van der Waals surface area contributed by atoms with Crippen LogP contribution in [0.3, 0.4) is 0 Å². The first-order valence-electron chi connectivity index (χ1n) is 5.96. The molecule has 1 N–H and O–H groups in total. The van der Waals surface area contributed by atoms with Gasteiger partial charge >= 0.3 is 11.7 Å². The highest BCUT2D eigenvalue weighted by molar-refractivity contribution is 7.99. The number of H-pyrrole nitrogens is 1. The van der Waals surface area contributed by atoms with E-state index >= 15 is 0 Å². The summed E-state index contributed by atoms with van der Waals surface area (Å²) < 4.78 is 4.74. The van der Waals surface area contributed by atoms with Crippen molar-refractivity contribution in [3.63, 3.8) is 0 Å². The van der Waals surface area contributed by atoms with Gasteiger partial charge < -0.3 is 9.72 Å². The lowest BCUT2D eigenvalue weighted by atomic mass is 10.2. The minimum absolute atomic E-state index is 0.336. The zero-order chi connectivity index (χ0) is 14.5. The second-order valence-electron chi connectivity index (χ2n) is 4.02. The van der Waals surface area contributed by atoms with Crippen LogP contribution >= 0.6 is 23.1 Å². The monoisotopic (exact) mass is 310 g/mol. The lowest BCUT2D eigenvalue weighted by Gasteiger charge is -2.08. The molecule has 20 heavy (non-hydrogen) atoms. The number of carbonyl (C=O) groups excluding carboxylic acids is 1. The first-order valence-corrected chi connectivity index (χ1v) is 7.82. The minimum atomic E-state index is -0.482. The summed E-state index contributed by atoms with van der Waals surface area (Å²) in [6.45, 7) is 1.67. The van der Waals surface area contributed by atoms with Gasteiger partial charge in [-0.1, -0.05) is 6.07 Å². The summed E-state index contributed by atoms with van der Waals surface area (Å²) in [6.07, 6.45) is 0.872. The Kier molecular flexibility index (Phi) is 4.97. The van der Waals surface area contributed by atoms with Gasteiger partial charge in [0.2, 0.25) is 0 Å². The zero-order valence-electron chi connectivity index (χ0n) is 11.1. The van der Waals surface area contributed by atoms with Crippen LogP contribution in [0.1, 0.15) is 20.9 Å². The predicted molar refractivity (Wildman–Crippen MR) is 79.7 cm³/mol. The summed E-state index contributed by atoms with van der Waals surface area (Å²) in [5.74, 6) is 0.269. The number of ether oxygens (including phenoxy) is 1. The highest BCUT2D eigenvalue weighted by Crippen LogP contribution is 2.23. The molecule has 2 rings (SSSR count). The molecule has 0 aromatic carbocycles. The molecule has 0 radical (unpaired) electrons. The van der Waals surface area contributed by atoms with Crippen molar-refractivity contribution in [3.05, 3.63) is 44.1 Å². The van der Waals surface area contributed by atoms with Gasteiger partial charge in [0.05, 0.1) is 7.11 Å². The fourth-order valence-electron chi connectivity index (χ4n) is 1.71. The van der Waals surface area contributed by atoms with E-state index in [0.717, 1.165) is 12.2 Å². The first-order chi connectivity index (χ1) is 9.61. The second-order valence-corrected chi connectivity index (χ2v) is 6.13. The van der Waals surface area contributed by atoms with Gasteiger partial charge in [-0.05, 0) is 24.8 Å². The van der Waals surface area contributed by atoms with Crippen LogP contribution in [0.5, 0.6) is 0 Å². The average molecular weight is 310 g/mol. The molecule has 0 aliphatic carbocycles. The van der Waals surface area contributed by atoms with E-state index in [2.05, 4.69) is 16.0 Å². The molecular formula is C13H14N2O3S2. The number of aromatic nitrogens is 2. The number of aryl methyl sites for hydroxylation is 2. The van der Waals surface area contributed by atoms with E-state index in [1.54, 1.807) is 18.3 Å². The topological polar surface area (TPSA) is 72.0 Å². The van der Waals surface area contributed by atoms with E-state index in [0.29, 0.717) is 16.3 Å². The Balaban J connectivity index is 2.17. The third-order valence-electron chi connectivity index (χ3n) is 2.64. The van der Waals surface area contributed by atoms with Crippen molar-refractivity contribution < 1.29 is 9.53 Å². The van der Waals surface area contributed by atoms with E-state index in [1.807, 2.05) is 11.4 Å². The molecule has 2 aromatic heterocycles. The van der Waals surface area contributed by atoms with Crippen LogP contribution in [0.25, 0.3) is 0 Å². The summed E-state index contributed by atoms with van der Waals surface area (Å²) in [5.41, 5.74) is 0.368. The molecule has 0 bridgehead atoms. The summed E-state index contributed by atoms with van der Waals surface area (Å²) in [5, 5.41) is 2.45. The molecule has 0 aliphatic rings. The van der Waals surface area contributed by atoms with Crippen molar-refractivity contribution in [2.45, 2.75) is 18.4 Å². The zero-order valence-corrected chi connectivity index (χ0v) is 12.8. The van der Waals surface area contributed by atoms with E-state index in [-0.39, 0.29) is 0 Å². The number of nitrogens with zero attached hydrogens (tertiary/aromatic N) is 1. The number of thiophene rings is 1. The van der Waals surface area contributed by atoms with Gasteiger partial charge in [0.1, 0.15) is 10.6 Å². The smallest absolute Gasteiger partial charge is 0.346 e. The Bertz CT molecular complexity index is 650. The van der Waals surface area contributed by atoms with Gasteiger partial charge in [0, 0.05) is 16.3 Å². The first kappa shape index (κ1) is 14.8. The van der Waals surface area contributed by atoms with E-state index in [9.17, 15) is 9.59 Å². The molecule has 2 aromatic rings. The molecule has 0 saturated carbocycles. The van der Waals surface area contributed by atoms with E-state index in [4.69, 9.17) is 4.74 Å². The van der Waals surface area contributed by atoms with Crippen LogP contribution in [0.4, 0.5) is 0 Å². The Morgan fingerprint density at radius 1 is 1.55 bits per heavy atom. The highest BCUT2D eigenvalue weighted by atomic mass is 32.2. The SMILES string of the molecule is COC(=O)c1c(SCCc2cccs2)nc(=O)[nH]c1C. The standard InChI is InChI=1S/C13H14N2O3S2/c1-8-10(12(16)18-2)11(15-13(17)14-8)20-7-5-9-4-3-6-19-9/h3-4,6H,5,7H2,1-2H3,(H,14,15,17). The van der Waals surface area contributed by atoms with Crippen LogP contribution in [-0.4, -0.2) is 28.8 Å². The van der Waals surface area contributed by atoms with Gasteiger partial charge in [-0.15, -0.1) is 23.1 Å². The molecule has 5 nitrogen and oxygen atoms in total. The van der Waals surface area contributed by atoms with Gasteiger partial charge in [-0.25, -0.2) is 9.59 Å². The molecule has 0 atom stereocenters. The Morgan fingerprint density at radius 3 is 3.00 bits per heavy atom. The van der Waals surface area contributed by atoms with Crippen LogP contribution in [-0.2, 0) is 11.2 Å². The fraction of sp³-hybridized carbons (Fsp3) is 0.308. The van der Waals surface area contributed by atoms with Gasteiger partial charge in [-0.3, -0.25) is 0 Å². The maximum atomic E-state index is 11.8. The summed E-state index contributed by atoms with van der Waals surface area (Å²) in [4.78, 5) is 30.9. The quantitative estimate of drug-likeness (QED) is 0.521. The highest BCUT2D eigenvalue weighted by Gasteiger charge is 2.18. The lowest BCUT2D eigenvalue weighted by molar-refractivity contribution is 0.0594. The third kappa shape index (κ3) is 3.49. The number of hydrogen-bond acceptors (Lipinski definition) is 6.